The predicted molar refractivity (Wildman–Crippen MR) is 78.3 cm³/mol. The number of ketones is 1. The second-order valence-corrected chi connectivity index (χ2v) is 4.82. The second-order valence-electron chi connectivity index (χ2n) is 4.82. The molecule has 3 heteroatoms. The van der Waals surface area contributed by atoms with Crippen molar-refractivity contribution in [1.82, 2.24) is 4.98 Å². The third-order valence-corrected chi connectivity index (χ3v) is 3.42. The van der Waals surface area contributed by atoms with Gasteiger partial charge in [-0.3, -0.25) is 9.59 Å². The van der Waals surface area contributed by atoms with E-state index in [1.165, 1.54) is 0 Å². The van der Waals surface area contributed by atoms with Crippen molar-refractivity contribution in [2.75, 3.05) is 0 Å². The first-order valence-electron chi connectivity index (χ1n) is 6.37. The maximum Gasteiger partial charge on any atom is 0.193 e. The topological polar surface area (TPSA) is 49.9 Å². The third-order valence-electron chi connectivity index (χ3n) is 3.42. The molecule has 0 atom stereocenters. The normalized spacial score (nSPS) is 10.7. The smallest absolute Gasteiger partial charge is 0.193 e. The van der Waals surface area contributed by atoms with E-state index in [0.717, 1.165) is 22.8 Å². The van der Waals surface area contributed by atoms with Gasteiger partial charge in [0.2, 0.25) is 0 Å². The minimum Gasteiger partial charge on any atom is -0.360 e. The molecule has 0 amide bonds. The lowest BCUT2D eigenvalue weighted by molar-refractivity contribution is 0.103. The lowest BCUT2D eigenvalue weighted by atomic mass is 10.0. The van der Waals surface area contributed by atoms with Gasteiger partial charge >= 0.3 is 0 Å². The largest absolute Gasteiger partial charge is 0.360 e. The van der Waals surface area contributed by atoms with Gasteiger partial charge in [0.15, 0.2) is 12.1 Å². The molecule has 0 fully saturated rings. The van der Waals surface area contributed by atoms with Gasteiger partial charge in [0.1, 0.15) is 0 Å². The summed E-state index contributed by atoms with van der Waals surface area (Å²) in [6.07, 6.45) is 2.44. The molecule has 1 aromatic heterocycles. The summed E-state index contributed by atoms with van der Waals surface area (Å²) in [5.74, 6) is -0.0371. The lowest BCUT2D eigenvalue weighted by Gasteiger charge is -2.02. The molecule has 0 radical (unpaired) electrons. The van der Waals surface area contributed by atoms with Crippen molar-refractivity contribution in [2.45, 2.75) is 6.92 Å². The first-order chi connectivity index (χ1) is 9.69. The van der Waals surface area contributed by atoms with E-state index < -0.39 is 0 Å². The number of hydrogen-bond acceptors (Lipinski definition) is 2. The van der Waals surface area contributed by atoms with E-state index in [1.54, 1.807) is 18.3 Å². The van der Waals surface area contributed by atoms with Gasteiger partial charge in [-0.05, 0) is 25.1 Å². The fourth-order valence-electron chi connectivity index (χ4n) is 2.25. The molecular weight excluding hydrogens is 250 g/mol. The first-order valence-corrected chi connectivity index (χ1v) is 6.37. The van der Waals surface area contributed by atoms with E-state index in [0.29, 0.717) is 16.7 Å². The van der Waals surface area contributed by atoms with Crippen LogP contribution in [0.15, 0.2) is 48.7 Å². The molecule has 2 aromatic carbocycles. The number of fused-ring (bicyclic) bond motifs is 1. The molecule has 3 aromatic rings. The number of carbonyl (C=O) groups is 2. The summed E-state index contributed by atoms with van der Waals surface area (Å²) in [7, 11) is 0. The molecule has 3 nitrogen and oxygen atoms in total. The number of hydrogen-bond donors (Lipinski definition) is 1. The average molecular weight is 263 g/mol. The lowest BCUT2D eigenvalue weighted by Crippen LogP contribution is -2.01. The van der Waals surface area contributed by atoms with E-state index in [1.807, 2.05) is 37.3 Å². The summed E-state index contributed by atoms with van der Waals surface area (Å²) in [5, 5.41) is 0.776. The molecule has 0 unspecified atom stereocenters. The number of aldehydes is 1. The quantitative estimate of drug-likeness (QED) is 0.580. The highest BCUT2D eigenvalue weighted by atomic mass is 16.1. The highest BCUT2D eigenvalue weighted by molar-refractivity contribution is 6.11. The number of aryl methyl sites for hydroxylation is 1. The number of H-pyrrole nitrogens is 1. The minimum atomic E-state index is -0.0371. The van der Waals surface area contributed by atoms with Gasteiger partial charge in [0.05, 0.1) is 0 Å². The van der Waals surface area contributed by atoms with Crippen LogP contribution in [-0.2, 0) is 0 Å². The fraction of sp³-hybridized carbons (Fsp3) is 0.0588. The maximum atomic E-state index is 12.4. The zero-order chi connectivity index (χ0) is 14.1. The van der Waals surface area contributed by atoms with Crippen molar-refractivity contribution in [1.29, 1.82) is 0 Å². The van der Waals surface area contributed by atoms with E-state index in [4.69, 9.17) is 0 Å². The van der Waals surface area contributed by atoms with Crippen molar-refractivity contribution in [2.24, 2.45) is 0 Å². The number of aromatic nitrogens is 1. The number of rotatable bonds is 3. The van der Waals surface area contributed by atoms with Gasteiger partial charge in [0, 0.05) is 33.8 Å². The van der Waals surface area contributed by atoms with E-state index >= 15 is 0 Å². The molecule has 98 valence electrons. The fourth-order valence-corrected chi connectivity index (χ4v) is 2.25. The molecule has 0 aliphatic carbocycles. The summed E-state index contributed by atoms with van der Waals surface area (Å²) in [6, 6.07) is 12.8. The molecule has 0 saturated carbocycles. The van der Waals surface area contributed by atoms with E-state index in [-0.39, 0.29) is 5.78 Å². The van der Waals surface area contributed by atoms with Gasteiger partial charge < -0.3 is 4.98 Å². The van der Waals surface area contributed by atoms with Crippen LogP contribution < -0.4 is 0 Å². The SMILES string of the molecule is Cc1ccc(C(=O)c2ccc3[nH]cc(C=O)c3c2)cc1. The Hall–Kier alpha value is -2.68. The number of benzene rings is 2. The van der Waals surface area contributed by atoms with Crippen LogP contribution >= 0.6 is 0 Å². The Morgan fingerprint density at radius 2 is 1.75 bits per heavy atom. The molecule has 0 aliphatic heterocycles. The Morgan fingerprint density at radius 3 is 2.45 bits per heavy atom. The van der Waals surface area contributed by atoms with Crippen LogP contribution in [0.3, 0.4) is 0 Å². The second kappa shape index (κ2) is 4.78. The molecule has 0 aliphatic rings. The number of nitrogens with one attached hydrogen (secondary N) is 1. The molecule has 0 spiro atoms. The summed E-state index contributed by atoms with van der Waals surface area (Å²) >= 11 is 0. The van der Waals surface area contributed by atoms with Crippen molar-refractivity contribution in [3.63, 3.8) is 0 Å². The minimum absolute atomic E-state index is 0.0371. The zero-order valence-corrected chi connectivity index (χ0v) is 11.0. The Labute approximate surface area is 116 Å². The molecular formula is C17H13NO2. The van der Waals surface area contributed by atoms with E-state index in [9.17, 15) is 9.59 Å². The highest BCUT2D eigenvalue weighted by Crippen LogP contribution is 2.20. The number of aromatic amines is 1. The van der Waals surface area contributed by atoms with Crippen LogP contribution in [0, 0.1) is 6.92 Å². The summed E-state index contributed by atoms with van der Waals surface area (Å²) in [6.45, 7) is 1.98. The molecule has 1 N–H and O–H groups in total. The van der Waals surface area contributed by atoms with Gasteiger partial charge in [-0.2, -0.15) is 0 Å². The molecule has 3 rings (SSSR count). The Kier molecular flexibility index (Phi) is 2.95. The van der Waals surface area contributed by atoms with Gasteiger partial charge in [0.25, 0.3) is 0 Å². The zero-order valence-electron chi connectivity index (χ0n) is 11.0. The van der Waals surface area contributed by atoms with Crippen LogP contribution in [0.5, 0.6) is 0 Å². The molecule has 0 saturated heterocycles. The molecule has 20 heavy (non-hydrogen) atoms. The highest BCUT2D eigenvalue weighted by Gasteiger charge is 2.11. The average Bonchev–Trinajstić information content (AvgIpc) is 2.89. The molecule has 1 heterocycles. The summed E-state index contributed by atoms with van der Waals surface area (Å²) in [5.41, 5.74) is 3.78. The van der Waals surface area contributed by atoms with Crippen molar-refractivity contribution in [3.8, 4) is 0 Å². The van der Waals surface area contributed by atoms with E-state index in [2.05, 4.69) is 4.98 Å². The maximum absolute atomic E-state index is 12.4. The standard InChI is InChI=1S/C17H13NO2/c1-11-2-4-12(5-3-11)17(20)13-6-7-16-15(8-13)14(10-19)9-18-16/h2-10,18H,1H3. The number of carbonyl (C=O) groups excluding carboxylic acids is 2. The van der Waals surface area contributed by atoms with Crippen LogP contribution in [0.2, 0.25) is 0 Å². The third kappa shape index (κ3) is 2.03. The van der Waals surface area contributed by atoms with Crippen LogP contribution in [0.4, 0.5) is 0 Å². The molecule has 0 bridgehead atoms. The Balaban J connectivity index is 2.07. The Bertz CT molecular complexity index is 797. The van der Waals surface area contributed by atoms with Crippen molar-refractivity contribution in [3.05, 3.63) is 70.9 Å². The van der Waals surface area contributed by atoms with Crippen LogP contribution in [-0.4, -0.2) is 17.1 Å². The monoisotopic (exact) mass is 263 g/mol. The summed E-state index contributed by atoms with van der Waals surface area (Å²) < 4.78 is 0. The first kappa shape index (κ1) is 12.4. The van der Waals surface area contributed by atoms with Crippen molar-refractivity contribution >= 4 is 23.0 Å². The van der Waals surface area contributed by atoms with Gasteiger partial charge in [-0.25, -0.2) is 0 Å². The summed E-state index contributed by atoms with van der Waals surface area (Å²) in [4.78, 5) is 26.4. The van der Waals surface area contributed by atoms with Gasteiger partial charge in [-0.15, -0.1) is 0 Å². The Morgan fingerprint density at radius 1 is 1.05 bits per heavy atom. The predicted octanol–water partition coefficient (Wildman–Crippen LogP) is 3.52. The van der Waals surface area contributed by atoms with Crippen molar-refractivity contribution < 1.29 is 9.59 Å². The van der Waals surface area contributed by atoms with Crippen LogP contribution in [0.25, 0.3) is 10.9 Å². The van der Waals surface area contributed by atoms with Crippen LogP contribution in [0.1, 0.15) is 31.8 Å². The van der Waals surface area contributed by atoms with Gasteiger partial charge in [-0.1, -0.05) is 29.8 Å².